The van der Waals surface area contributed by atoms with E-state index in [1.54, 1.807) is 35.1 Å². The number of aromatic nitrogens is 3. The molecule has 1 heterocycles. The number of nitrogens with zero attached hydrogens (tertiary/aromatic N) is 3. The van der Waals surface area contributed by atoms with Crippen LogP contribution in [0.3, 0.4) is 0 Å². The maximum absolute atomic E-state index is 10.3. The quantitative estimate of drug-likeness (QED) is 0.853. The second kappa shape index (κ2) is 4.65. The van der Waals surface area contributed by atoms with E-state index in [4.69, 9.17) is 9.84 Å². The summed E-state index contributed by atoms with van der Waals surface area (Å²) in [7, 11) is 0. The summed E-state index contributed by atoms with van der Waals surface area (Å²) in [6.45, 7) is 1.55. The lowest BCUT2D eigenvalue weighted by Gasteiger charge is -2.05. The van der Waals surface area contributed by atoms with E-state index in [9.17, 15) is 4.79 Å². The molecule has 0 unspecified atom stereocenters. The third-order valence-electron chi connectivity index (χ3n) is 2.16. The van der Waals surface area contributed by atoms with Crippen molar-refractivity contribution in [2.75, 3.05) is 6.61 Å². The lowest BCUT2D eigenvalue weighted by Crippen LogP contribution is -2.09. The van der Waals surface area contributed by atoms with Gasteiger partial charge in [-0.15, -0.1) is 5.10 Å². The van der Waals surface area contributed by atoms with Gasteiger partial charge < -0.3 is 9.84 Å². The molecule has 2 rings (SSSR count). The third kappa shape index (κ3) is 2.60. The van der Waals surface area contributed by atoms with Crippen molar-refractivity contribution in [3.05, 3.63) is 36.2 Å². The van der Waals surface area contributed by atoms with Crippen LogP contribution in [0.2, 0.25) is 0 Å². The number of carboxylic acid groups (broad SMARTS) is 1. The van der Waals surface area contributed by atoms with Crippen LogP contribution >= 0.6 is 0 Å². The summed E-state index contributed by atoms with van der Waals surface area (Å²) in [6, 6.07) is 6.97. The van der Waals surface area contributed by atoms with Crippen molar-refractivity contribution >= 4 is 5.97 Å². The van der Waals surface area contributed by atoms with Gasteiger partial charge in [-0.2, -0.15) is 0 Å². The molecule has 1 aromatic heterocycles. The van der Waals surface area contributed by atoms with Gasteiger partial charge >= 0.3 is 5.97 Å². The Kier molecular flexibility index (Phi) is 3.04. The molecule has 1 N–H and O–H groups in total. The number of rotatable bonds is 4. The Morgan fingerprint density at radius 3 is 2.65 bits per heavy atom. The van der Waals surface area contributed by atoms with Crippen molar-refractivity contribution in [2.45, 2.75) is 6.92 Å². The molecule has 0 fully saturated rings. The molecule has 0 bridgehead atoms. The third-order valence-corrected chi connectivity index (χ3v) is 2.16. The Morgan fingerprint density at radius 1 is 1.41 bits per heavy atom. The van der Waals surface area contributed by atoms with Gasteiger partial charge in [-0.3, -0.25) is 0 Å². The fraction of sp³-hybridized carbons (Fsp3) is 0.182. The number of aryl methyl sites for hydroxylation is 1. The van der Waals surface area contributed by atoms with Crippen molar-refractivity contribution in [3.63, 3.8) is 0 Å². The number of carboxylic acids is 1. The van der Waals surface area contributed by atoms with Gasteiger partial charge in [-0.25, -0.2) is 9.48 Å². The van der Waals surface area contributed by atoms with Crippen LogP contribution in [0.4, 0.5) is 0 Å². The standard InChI is InChI=1S/C11H11N3O3/c1-8-6-12-13-14(8)9-2-4-10(5-3-9)17-7-11(15)16/h2-6H,7H2,1H3,(H,15,16). The SMILES string of the molecule is Cc1cnnn1-c1ccc(OCC(=O)O)cc1. The van der Waals surface area contributed by atoms with Crippen molar-refractivity contribution in [1.82, 2.24) is 15.0 Å². The van der Waals surface area contributed by atoms with E-state index in [-0.39, 0.29) is 6.61 Å². The molecule has 0 aliphatic heterocycles. The summed E-state index contributed by atoms with van der Waals surface area (Å²) >= 11 is 0. The second-order valence-electron chi connectivity index (χ2n) is 3.46. The highest BCUT2D eigenvalue weighted by molar-refractivity contribution is 5.68. The van der Waals surface area contributed by atoms with Gasteiger partial charge in [-0.05, 0) is 31.2 Å². The van der Waals surface area contributed by atoms with Crippen molar-refractivity contribution < 1.29 is 14.6 Å². The predicted molar refractivity (Wildman–Crippen MR) is 59.2 cm³/mol. The Balaban J connectivity index is 2.13. The Labute approximate surface area is 97.4 Å². The van der Waals surface area contributed by atoms with Gasteiger partial charge in [0.15, 0.2) is 6.61 Å². The van der Waals surface area contributed by atoms with Gasteiger partial charge in [0.2, 0.25) is 0 Å². The average Bonchev–Trinajstić information content (AvgIpc) is 2.73. The fourth-order valence-electron chi connectivity index (χ4n) is 1.37. The summed E-state index contributed by atoms with van der Waals surface area (Å²) in [5.41, 5.74) is 1.77. The zero-order valence-electron chi connectivity index (χ0n) is 9.20. The maximum atomic E-state index is 10.3. The first-order valence-electron chi connectivity index (χ1n) is 4.99. The summed E-state index contributed by atoms with van der Waals surface area (Å²) < 4.78 is 6.71. The Bertz CT molecular complexity index is 519. The molecule has 6 nitrogen and oxygen atoms in total. The number of carbonyl (C=O) groups is 1. The Morgan fingerprint density at radius 2 is 2.12 bits per heavy atom. The molecule has 0 saturated heterocycles. The highest BCUT2D eigenvalue weighted by Gasteiger charge is 2.03. The second-order valence-corrected chi connectivity index (χ2v) is 3.46. The Hall–Kier alpha value is -2.37. The van der Waals surface area contributed by atoms with Gasteiger partial charge in [0.1, 0.15) is 5.75 Å². The molecule has 0 atom stereocenters. The smallest absolute Gasteiger partial charge is 0.341 e. The monoisotopic (exact) mass is 233 g/mol. The minimum absolute atomic E-state index is 0.346. The first-order valence-corrected chi connectivity index (χ1v) is 4.99. The molecule has 0 radical (unpaired) electrons. The van der Waals surface area contributed by atoms with E-state index in [2.05, 4.69) is 10.3 Å². The number of aliphatic carboxylic acids is 1. The first-order chi connectivity index (χ1) is 8.16. The van der Waals surface area contributed by atoms with Crippen molar-refractivity contribution in [3.8, 4) is 11.4 Å². The topological polar surface area (TPSA) is 77.2 Å². The molecular weight excluding hydrogens is 222 g/mol. The van der Waals surface area contributed by atoms with Crippen LogP contribution in [-0.4, -0.2) is 32.7 Å². The van der Waals surface area contributed by atoms with Crippen molar-refractivity contribution in [1.29, 1.82) is 0 Å². The lowest BCUT2D eigenvalue weighted by molar-refractivity contribution is -0.139. The van der Waals surface area contributed by atoms with E-state index in [1.165, 1.54) is 0 Å². The van der Waals surface area contributed by atoms with Crippen LogP contribution < -0.4 is 4.74 Å². The maximum Gasteiger partial charge on any atom is 0.341 e. The zero-order valence-corrected chi connectivity index (χ0v) is 9.20. The lowest BCUT2D eigenvalue weighted by atomic mass is 10.3. The van der Waals surface area contributed by atoms with E-state index >= 15 is 0 Å². The molecule has 0 saturated carbocycles. The molecular formula is C11H11N3O3. The zero-order chi connectivity index (χ0) is 12.3. The van der Waals surface area contributed by atoms with E-state index in [0.717, 1.165) is 11.4 Å². The summed E-state index contributed by atoms with van der Waals surface area (Å²) in [6.07, 6.45) is 1.66. The molecule has 0 spiro atoms. The predicted octanol–water partition coefficient (Wildman–Crippen LogP) is 1.04. The number of ether oxygens (including phenoxy) is 1. The first kappa shape index (κ1) is 11.1. The largest absolute Gasteiger partial charge is 0.482 e. The van der Waals surface area contributed by atoms with Gasteiger partial charge in [-0.1, -0.05) is 5.21 Å². The van der Waals surface area contributed by atoms with Crippen LogP contribution in [0.5, 0.6) is 5.75 Å². The van der Waals surface area contributed by atoms with Crippen LogP contribution in [-0.2, 0) is 4.79 Å². The molecule has 6 heteroatoms. The minimum atomic E-state index is -0.999. The van der Waals surface area contributed by atoms with Gasteiger partial charge in [0.25, 0.3) is 0 Å². The highest BCUT2D eigenvalue weighted by Crippen LogP contribution is 2.15. The summed E-state index contributed by atoms with van der Waals surface area (Å²) in [4.78, 5) is 10.3. The van der Waals surface area contributed by atoms with E-state index in [0.29, 0.717) is 5.75 Å². The molecule has 0 aliphatic carbocycles. The number of hydrogen-bond donors (Lipinski definition) is 1. The molecule has 1 aromatic carbocycles. The fourth-order valence-corrected chi connectivity index (χ4v) is 1.37. The molecule has 17 heavy (non-hydrogen) atoms. The number of hydrogen-bond acceptors (Lipinski definition) is 4. The van der Waals surface area contributed by atoms with Gasteiger partial charge in [0, 0.05) is 0 Å². The van der Waals surface area contributed by atoms with Crippen molar-refractivity contribution in [2.24, 2.45) is 0 Å². The van der Waals surface area contributed by atoms with Crippen LogP contribution in [0, 0.1) is 6.92 Å². The molecule has 0 aliphatic rings. The molecule has 2 aromatic rings. The van der Waals surface area contributed by atoms with Crippen LogP contribution in [0.1, 0.15) is 5.69 Å². The average molecular weight is 233 g/mol. The molecule has 88 valence electrons. The van der Waals surface area contributed by atoms with Crippen LogP contribution in [0.25, 0.3) is 5.69 Å². The summed E-state index contributed by atoms with van der Waals surface area (Å²) in [5, 5.41) is 16.2. The van der Waals surface area contributed by atoms with E-state index < -0.39 is 5.97 Å². The summed E-state index contributed by atoms with van der Waals surface area (Å²) in [5.74, 6) is -0.491. The number of benzene rings is 1. The van der Waals surface area contributed by atoms with Gasteiger partial charge in [0.05, 0.1) is 17.6 Å². The molecule has 0 amide bonds. The normalized spacial score (nSPS) is 10.2. The highest BCUT2D eigenvalue weighted by atomic mass is 16.5. The minimum Gasteiger partial charge on any atom is -0.482 e. The van der Waals surface area contributed by atoms with Crippen LogP contribution in [0.15, 0.2) is 30.5 Å². The van der Waals surface area contributed by atoms with E-state index in [1.807, 2.05) is 6.92 Å².